The van der Waals surface area contributed by atoms with Crippen LogP contribution in [0.5, 0.6) is 0 Å². The van der Waals surface area contributed by atoms with Crippen LogP contribution in [0, 0.1) is 0 Å². The molecule has 0 aromatic heterocycles. The molecule has 0 radical (unpaired) electrons. The number of thioether (sulfide) groups is 1. The number of nitrogens with one attached hydrogen (secondary N) is 2. The van der Waals surface area contributed by atoms with Gasteiger partial charge < -0.3 is 15.4 Å². The summed E-state index contributed by atoms with van der Waals surface area (Å²) in [7, 11) is 1.62. The van der Waals surface area contributed by atoms with E-state index in [-0.39, 0.29) is 36.3 Å². The van der Waals surface area contributed by atoms with Gasteiger partial charge in [-0.2, -0.15) is 4.99 Å². The number of amidine groups is 2. The number of rotatable bonds is 11. The third-order valence-corrected chi connectivity index (χ3v) is 6.72. The number of hydrogen-bond acceptors (Lipinski definition) is 7. The highest BCUT2D eigenvalue weighted by molar-refractivity contribution is 8.14. The lowest BCUT2D eigenvalue weighted by Crippen LogP contribution is -2.44. The summed E-state index contributed by atoms with van der Waals surface area (Å²) in [5, 5.41) is 6.29. The van der Waals surface area contributed by atoms with Crippen molar-refractivity contribution >= 4 is 46.2 Å². The zero-order valence-electron chi connectivity index (χ0n) is 20.1. The van der Waals surface area contributed by atoms with E-state index in [1.807, 2.05) is 54.6 Å². The first-order chi connectivity index (χ1) is 17.6. The number of benzene rings is 2. The molecule has 0 saturated heterocycles. The first-order valence-corrected chi connectivity index (χ1v) is 12.8. The van der Waals surface area contributed by atoms with Gasteiger partial charge >= 0.3 is 0 Å². The molecule has 1 atom stereocenters. The van der Waals surface area contributed by atoms with E-state index in [2.05, 4.69) is 15.6 Å². The number of nitrogens with zero attached hydrogens (tertiary/aromatic N) is 3. The Balaban J connectivity index is 1.41. The second-order valence-corrected chi connectivity index (χ2v) is 9.30. The number of aliphatic imine (C=N–C) groups is 2. The molecule has 2 aliphatic rings. The van der Waals surface area contributed by atoms with Crippen molar-refractivity contribution < 1.29 is 19.1 Å². The SMILES string of the molecule is COCCCNC(=O)CSC1=Nc2ccccc2C2=NC(=O)C(CCC(=O)NCc3ccccc3)N12. The third kappa shape index (κ3) is 6.38. The lowest BCUT2D eigenvalue weighted by molar-refractivity contribution is -0.122. The van der Waals surface area contributed by atoms with Gasteiger partial charge in [-0.3, -0.25) is 19.3 Å². The van der Waals surface area contributed by atoms with Gasteiger partial charge in [0.05, 0.1) is 11.4 Å². The molecule has 0 bridgehead atoms. The lowest BCUT2D eigenvalue weighted by atomic mass is 10.1. The third-order valence-electron chi connectivity index (χ3n) is 5.77. The van der Waals surface area contributed by atoms with Crippen LogP contribution in [0.3, 0.4) is 0 Å². The van der Waals surface area contributed by atoms with E-state index >= 15 is 0 Å². The van der Waals surface area contributed by atoms with Crippen molar-refractivity contribution in [2.75, 3.05) is 26.0 Å². The van der Waals surface area contributed by atoms with Crippen molar-refractivity contribution in [3.63, 3.8) is 0 Å². The highest BCUT2D eigenvalue weighted by Crippen LogP contribution is 2.35. The maximum Gasteiger partial charge on any atom is 0.270 e. The minimum Gasteiger partial charge on any atom is -0.385 e. The summed E-state index contributed by atoms with van der Waals surface area (Å²) in [4.78, 5) is 48.6. The number of carbonyl (C=O) groups excluding carboxylic acids is 3. The normalized spacial score (nSPS) is 16.1. The van der Waals surface area contributed by atoms with Gasteiger partial charge in [-0.1, -0.05) is 54.2 Å². The number of fused-ring (bicyclic) bond motifs is 3. The van der Waals surface area contributed by atoms with Crippen molar-refractivity contribution in [1.82, 2.24) is 15.5 Å². The summed E-state index contributed by atoms with van der Waals surface area (Å²) >= 11 is 1.26. The van der Waals surface area contributed by atoms with Crippen LogP contribution >= 0.6 is 11.8 Å². The standard InChI is InChI=1S/C26H29N5O4S/c1-35-15-7-14-27-23(33)17-36-26-29-20-11-6-5-10-19(20)24-30-25(34)21(31(24)26)12-13-22(32)28-16-18-8-3-2-4-9-18/h2-6,8-11,21H,7,12-17H2,1H3,(H,27,33)(H,28,32). The highest BCUT2D eigenvalue weighted by Gasteiger charge is 2.41. The summed E-state index contributed by atoms with van der Waals surface area (Å²) in [6.07, 6.45) is 1.19. The van der Waals surface area contributed by atoms with Gasteiger partial charge in [-0.25, -0.2) is 4.99 Å². The Hall–Kier alpha value is -3.50. The maximum atomic E-state index is 12.9. The smallest absolute Gasteiger partial charge is 0.270 e. The summed E-state index contributed by atoms with van der Waals surface area (Å²) in [6.45, 7) is 1.53. The molecule has 0 saturated carbocycles. The zero-order chi connectivity index (χ0) is 25.3. The fourth-order valence-electron chi connectivity index (χ4n) is 3.95. The summed E-state index contributed by atoms with van der Waals surface area (Å²) in [5.41, 5.74) is 2.46. The predicted octanol–water partition coefficient (Wildman–Crippen LogP) is 2.63. The number of methoxy groups -OCH3 is 1. The molecule has 9 nitrogen and oxygen atoms in total. The van der Waals surface area contributed by atoms with E-state index in [0.717, 1.165) is 17.5 Å². The summed E-state index contributed by atoms with van der Waals surface area (Å²) in [5.74, 6) is 0.0896. The number of para-hydroxylation sites is 1. The van der Waals surface area contributed by atoms with Gasteiger partial charge in [-0.05, 0) is 30.5 Å². The molecule has 2 aromatic rings. The van der Waals surface area contributed by atoms with Gasteiger partial charge in [0.25, 0.3) is 5.91 Å². The Bertz CT molecular complexity index is 1170. The molecule has 2 N–H and O–H groups in total. The Kier molecular flexibility index (Phi) is 8.85. The summed E-state index contributed by atoms with van der Waals surface area (Å²) < 4.78 is 5.00. The van der Waals surface area contributed by atoms with Crippen LogP contribution in [0.25, 0.3) is 0 Å². The molecular weight excluding hydrogens is 478 g/mol. The molecule has 36 heavy (non-hydrogen) atoms. The molecular formula is C26H29N5O4S. The number of amides is 3. The monoisotopic (exact) mass is 507 g/mol. The largest absolute Gasteiger partial charge is 0.385 e. The van der Waals surface area contributed by atoms with E-state index < -0.39 is 6.04 Å². The molecule has 188 valence electrons. The second kappa shape index (κ2) is 12.5. The first kappa shape index (κ1) is 25.6. The molecule has 10 heteroatoms. The molecule has 2 aliphatic heterocycles. The van der Waals surface area contributed by atoms with Gasteiger partial charge in [0.1, 0.15) is 11.9 Å². The Labute approximate surface area is 214 Å². The molecule has 0 aliphatic carbocycles. The van der Waals surface area contributed by atoms with Crippen LogP contribution in [-0.4, -0.2) is 65.7 Å². The fraction of sp³-hybridized carbons (Fsp3) is 0.346. The zero-order valence-corrected chi connectivity index (χ0v) is 20.9. The predicted molar refractivity (Wildman–Crippen MR) is 140 cm³/mol. The van der Waals surface area contributed by atoms with Crippen LogP contribution in [0.1, 0.15) is 30.4 Å². The topological polar surface area (TPSA) is 112 Å². The van der Waals surface area contributed by atoms with Crippen molar-refractivity contribution in [3.05, 3.63) is 65.7 Å². The fourth-order valence-corrected chi connectivity index (χ4v) is 4.83. The molecule has 0 fully saturated rings. The minimum atomic E-state index is -0.646. The van der Waals surface area contributed by atoms with E-state index in [4.69, 9.17) is 9.73 Å². The van der Waals surface area contributed by atoms with Crippen LogP contribution in [0.2, 0.25) is 0 Å². The average molecular weight is 508 g/mol. The molecule has 0 spiro atoms. The molecule has 1 unspecified atom stereocenters. The lowest BCUT2D eigenvalue weighted by Gasteiger charge is -2.31. The van der Waals surface area contributed by atoms with Crippen molar-refractivity contribution in [2.24, 2.45) is 9.98 Å². The van der Waals surface area contributed by atoms with Crippen LogP contribution < -0.4 is 10.6 Å². The van der Waals surface area contributed by atoms with Gasteiger partial charge in [-0.15, -0.1) is 0 Å². The average Bonchev–Trinajstić information content (AvgIpc) is 3.24. The van der Waals surface area contributed by atoms with E-state index in [0.29, 0.717) is 36.4 Å². The van der Waals surface area contributed by atoms with Crippen molar-refractivity contribution in [1.29, 1.82) is 0 Å². The van der Waals surface area contributed by atoms with Crippen LogP contribution in [-0.2, 0) is 25.7 Å². The van der Waals surface area contributed by atoms with E-state index in [9.17, 15) is 14.4 Å². The Morgan fingerprint density at radius 3 is 2.61 bits per heavy atom. The van der Waals surface area contributed by atoms with Crippen molar-refractivity contribution in [2.45, 2.75) is 31.8 Å². The molecule has 2 heterocycles. The summed E-state index contributed by atoms with van der Waals surface area (Å²) in [6, 6.07) is 16.5. The number of ether oxygens (including phenoxy) is 1. The van der Waals surface area contributed by atoms with Gasteiger partial charge in [0.15, 0.2) is 5.17 Å². The van der Waals surface area contributed by atoms with Gasteiger partial charge in [0.2, 0.25) is 11.8 Å². The maximum absolute atomic E-state index is 12.9. The van der Waals surface area contributed by atoms with Crippen LogP contribution in [0.4, 0.5) is 5.69 Å². The number of hydrogen-bond donors (Lipinski definition) is 2. The second-order valence-electron chi connectivity index (χ2n) is 8.36. The van der Waals surface area contributed by atoms with Crippen LogP contribution in [0.15, 0.2) is 64.6 Å². The number of carbonyl (C=O) groups is 3. The first-order valence-electron chi connectivity index (χ1n) is 11.9. The highest BCUT2D eigenvalue weighted by atomic mass is 32.2. The van der Waals surface area contributed by atoms with E-state index in [1.54, 1.807) is 12.0 Å². The van der Waals surface area contributed by atoms with Gasteiger partial charge in [0, 0.05) is 38.8 Å². The Morgan fingerprint density at radius 1 is 1.03 bits per heavy atom. The molecule has 4 rings (SSSR count). The van der Waals surface area contributed by atoms with Crippen molar-refractivity contribution in [3.8, 4) is 0 Å². The Morgan fingerprint density at radius 2 is 1.81 bits per heavy atom. The van der Waals surface area contributed by atoms with E-state index in [1.165, 1.54) is 11.8 Å². The molecule has 2 aromatic carbocycles. The quantitative estimate of drug-likeness (QED) is 0.452. The minimum absolute atomic E-state index is 0.126. The molecule has 3 amide bonds.